The third-order valence-electron chi connectivity index (χ3n) is 8.88. The zero-order valence-electron chi connectivity index (χ0n) is 24.2. The summed E-state index contributed by atoms with van der Waals surface area (Å²) in [6, 6.07) is 49.9. The molecular formula is C41H27N3. The van der Waals surface area contributed by atoms with Crippen molar-refractivity contribution in [3.8, 4) is 28.1 Å². The number of fused-ring (bicyclic) bond motifs is 9. The van der Waals surface area contributed by atoms with Crippen molar-refractivity contribution in [2.45, 2.75) is 6.92 Å². The highest BCUT2D eigenvalue weighted by Crippen LogP contribution is 2.37. The first-order valence-corrected chi connectivity index (χ1v) is 15.0. The maximum absolute atomic E-state index is 5.18. The number of aryl methyl sites for hydroxylation is 1. The Morgan fingerprint density at radius 2 is 1.02 bits per heavy atom. The predicted octanol–water partition coefficient (Wildman–Crippen LogP) is 10.7. The predicted molar refractivity (Wildman–Crippen MR) is 184 cm³/mol. The van der Waals surface area contributed by atoms with Gasteiger partial charge in [-0.1, -0.05) is 109 Å². The minimum atomic E-state index is 0.876. The fourth-order valence-electron chi connectivity index (χ4n) is 6.77. The monoisotopic (exact) mass is 561 g/mol. The summed E-state index contributed by atoms with van der Waals surface area (Å²) in [7, 11) is 0. The average molecular weight is 562 g/mol. The number of benzene rings is 7. The molecule has 0 aliphatic rings. The Labute approximate surface area is 254 Å². The first-order chi connectivity index (χ1) is 21.7. The van der Waals surface area contributed by atoms with Crippen molar-refractivity contribution in [1.82, 2.24) is 14.5 Å². The van der Waals surface area contributed by atoms with Crippen LogP contribution in [0.5, 0.6) is 0 Å². The molecule has 0 amide bonds. The van der Waals surface area contributed by atoms with Gasteiger partial charge in [0.25, 0.3) is 0 Å². The van der Waals surface area contributed by atoms with Crippen LogP contribution in [-0.2, 0) is 0 Å². The molecule has 0 spiro atoms. The van der Waals surface area contributed by atoms with E-state index >= 15 is 0 Å². The molecule has 7 aromatic carbocycles. The quantitative estimate of drug-likeness (QED) is 0.201. The van der Waals surface area contributed by atoms with Gasteiger partial charge in [-0.25, -0.2) is 4.98 Å². The van der Waals surface area contributed by atoms with Crippen LogP contribution in [0.4, 0.5) is 0 Å². The van der Waals surface area contributed by atoms with Gasteiger partial charge in [-0.05, 0) is 65.2 Å². The topological polar surface area (TPSA) is 30.7 Å². The summed E-state index contributed by atoms with van der Waals surface area (Å²) in [6.07, 6.45) is 1.91. The fourth-order valence-corrected chi connectivity index (χ4v) is 6.77. The lowest BCUT2D eigenvalue weighted by Gasteiger charge is -2.11. The molecule has 2 heterocycles. The van der Waals surface area contributed by atoms with Gasteiger partial charge in [0.1, 0.15) is 0 Å². The highest BCUT2D eigenvalue weighted by Gasteiger charge is 2.15. The maximum Gasteiger partial charge on any atom is 0.0979 e. The van der Waals surface area contributed by atoms with Gasteiger partial charge in [0.15, 0.2) is 0 Å². The van der Waals surface area contributed by atoms with Crippen molar-refractivity contribution in [2.24, 2.45) is 0 Å². The van der Waals surface area contributed by atoms with E-state index in [2.05, 4.69) is 151 Å². The fraction of sp³-hybridized carbons (Fsp3) is 0.0244. The Morgan fingerprint density at radius 3 is 1.75 bits per heavy atom. The molecule has 0 aliphatic heterocycles. The Balaban J connectivity index is 1.16. The molecular weight excluding hydrogens is 534 g/mol. The van der Waals surface area contributed by atoms with Gasteiger partial charge in [0.05, 0.1) is 34.0 Å². The van der Waals surface area contributed by atoms with E-state index in [-0.39, 0.29) is 0 Å². The Hall–Kier alpha value is -5.80. The number of aromatic nitrogens is 3. The Kier molecular flexibility index (Phi) is 5.41. The summed E-state index contributed by atoms with van der Waals surface area (Å²) < 4.78 is 2.36. The van der Waals surface area contributed by atoms with E-state index in [4.69, 9.17) is 9.97 Å². The lowest BCUT2D eigenvalue weighted by Crippen LogP contribution is -1.93. The summed E-state index contributed by atoms with van der Waals surface area (Å²) in [4.78, 5) is 10.1. The smallest absolute Gasteiger partial charge is 0.0979 e. The molecule has 9 aromatic rings. The Bertz CT molecular complexity index is 2510. The van der Waals surface area contributed by atoms with Crippen molar-refractivity contribution in [2.75, 3.05) is 0 Å². The number of para-hydroxylation sites is 1. The van der Waals surface area contributed by atoms with Crippen molar-refractivity contribution < 1.29 is 0 Å². The molecule has 2 aromatic heterocycles. The summed E-state index contributed by atoms with van der Waals surface area (Å²) in [5.41, 5.74) is 11.0. The minimum absolute atomic E-state index is 0.876. The average Bonchev–Trinajstić information content (AvgIpc) is 3.41. The molecule has 9 rings (SSSR count). The first-order valence-electron chi connectivity index (χ1n) is 15.0. The van der Waals surface area contributed by atoms with Crippen molar-refractivity contribution >= 4 is 54.4 Å². The second-order valence-corrected chi connectivity index (χ2v) is 11.5. The van der Waals surface area contributed by atoms with Gasteiger partial charge in [-0.15, -0.1) is 0 Å². The molecule has 0 saturated carbocycles. The van der Waals surface area contributed by atoms with Crippen LogP contribution >= 0.6 is 0 Å². The summed E-state index contributed by atoms with van der Waals surface area (Å²) in [5, 5.41) is 7.21. The second kappa shape index (κ2) is 9.62. The molecule has 3 heteroatoms. The van der Waals surface area contributed by atoms with E-state index in [0.29, 0.717) is 0 Å². The first kappa shape index (κ1) is 24.8. The van der Waals surface area contributed by atoms with E-state index in [1.807, 2.05) is 6.20 Å². The van der Waals surface area contributed by atoms with Crippen LogP contribution in [0.15, 0.2) is 146 Å². The Morgan fingerprint density at radius 1 is 0.455 bits per heavy atom. The highest BCUT2D eigenvalue weighted by molar-refractivity contribution is 6.23. The SMILES string of the molecule is Cc1ccc2c(c1)c1cc(-c3ccc(-c4cnc5c6ccccc6c6ccccc6c5n4)cc3)ccc1n2-c1ccccc1. The van der Waals surface area contributed by atoms with Crippen LogP contribution < -0.4 is 0 Å². The molecule has 44 heavy (non-hydrogen) atoms. The van der Waals surface area contributed by atoms with Gasteiger partial charge < -0.3 is 4.57 Å². The largest absolute Gasteiger partial charge is 0.309 e. The van der Waals surface area contributed by atoms with Gasteiger partial charge >= 0.3 is 0 Å². The van der Waals surface area contributed by atoms with Crippen LogP contribution in [0.25, 0.3) is 82.5 Å². The summed E-state index contributed by atoms with van der Waals surface area (Å²) in [6.45, 7) is 2.16. The van der Waals surface area contributed by atoms with E-state index in [9.17, 15) is 0 Å². The number of nitrogens with zero attached hydrogens (tertiary/aromatic N) is 3. The minimum Gasteiger partial charge on any atom is -0.309 e. The van der Waals surface area contributed by atoms with Crippen LogP contribution in [0.2, 0.25) is 0 Å². The zero-order chi connectivity index (χ0) is 29.2. The number of rotatable bonds is 3. The number of hydrogen-bond acceptors (Lipinski definition) is 2. The van der Waals surface area contributed by atoms with Gasteiger partial charge in [-0.3, -0.25) is 4.98 Å². The molecule has 0 radical (unpaired) electrons. The molecule has 206 valence electrons. The normalized spacial score (nSPS) is 11.8. The number of hydrogen-bond donors (Lipinski definition) is 0. The van der Waals surface area contributed by atoms with Crippen LogP contribution in [0, 0.1) is 6.92 Å². The van der Waals surface area contributed by atoms with Crippen LogP contribution in [0.3, 0.4) is 0 Å². The third-order valence-corrected chi connectivity index (χ3v) is 8.88. The molecule has 0 aliphatic carbocycles. The molecule has 0 atom stereocenters. The van der Waals surface area contributed by atoms with Crippen LogP contribution in [0.1, 0.15) is 5.56 Å². The molecule has 0 fully saturated rings. The molecule has 3 nitrogen and oxygen atoms in total. The highest BCUT2D eigenvalue weighted by atomic mass is 15.0. The lowest BCUT2D eigenvalue weighted by atomic mass is 9.99. The lowest BCUT2D eigenvalue weighted by molar-refractivity contribution is 1.18. The van der Waals surface area contributed by atoms with Crippen molar-refractivity contribution in [1.29, 1.82) is 0 Å². The standard InChI is InChI=1S/C41H27N3/c1-26-15-21-38-35(23-26)36-24-29(20-22-39(36)44(38)30-9-3-2-4-10-30)27-16-18-28(19-17-27)37-25-42-40-33-13-7-5-11-31(33)32-12-6-8-14-34(32)41(40)43-37/h2-25H,1H3. The maximum atomic E-state index is 5.18. The third kappa shape index (κ3) is 3.76. The van der Waals surface area contributed by atoms with Gasteiger partial charge in [0.2, 0.25) is 0 Å². The second-order valence-electron chi connectivity index (χ2n) is 11.5. The summed E-state index contributed by atoms with van der Waals surface area (Å²) >= 11 is 0. The molecule has 0 unspecified atom stereocenters. The van der Waals surface area contributed by atoms with E-state index in [1.165, 1.54) is 55.0 Å². The molecule has 0 bridgehead atoms. The van der Waals surface area contributed by atoms with Crippen molar-refractivity contribution in [3.05, 3.63) is 151 Å². The van der Waals surface area contributed by atoms with Crippen LogP contribution in [-0.4, -0.2) is 14.5 Å². The van der Waals surface area contributed by atoms with E-state index in [0.717, 1.165) is 33.1 Å². The van der Waals surface area contributed by atoms with Gasteiger partial charge in [-0.2, -0.15) is 0 Å². The van der Waals surface area contributed by atoms with Gasteiger partial charge in [0, 0.05) is 32.8 Å². The van der Waals surface area contributed by atoms with Crippen molar-refractivity contribution in [3.63, 3.8) is 0 Å². The molecule has 0 saturated heterocycles. The molecule has 0 N–H and O–H groups in total. The van der Waals surface area contributed by atoms with E-state index in [1.54, 1.807) is 0 Å². The van der Waals surface area contributed by atoms with E-state index < -0.39 is 0 Å². The summed E-state index contributed by atoms with van der Waals surface area (Å²) in [5.74, 6) is 0. The zero-order valence-corrected chi connectivity index (χ0v) is 24.2.